The highest BCUT2D eigenvalue weighted by atomic mass is 19.4. The van der Waals surface area contributed by atoms with E-state index in [4.69, 9.17) is 0 Å². The van der Waals surface area contributed by atoms with Crippen LogP contribution >= 0.6 is 0 Å². The summed E-state index contributed by atoms with van der Waals surface area (Å²) in [5.41, 5.74) is -3.09. The van der Waals surface area contributed by atoms with Gasteiger partial charge in [0.15, 0.2) is 5.78 Å². The first-order valence-corrected chi connectivity index (χ1v) is 12.3. The van der Waals surface area contributed by atoms with Gasteiger partial charge >= 0.3 is 12.4 Å². The summed E-state index contributed by atoms with van der Waals surface area (Å²) in [6.07, 6.45) is -8.80. The Labute approximate surface area is 226 Å². The number of likely N-dealkylation sites (N-methyl/N-ethyl adjacent to an activating group) is 1. The van der Waals surface area contributed by atoms with E-state index < -0.39 is 41.7 Å². The Hall–Kier alpha value is -3.93. The molecule has 0 unspecified atom stereocenters. The van der Waals surface area contributed by atoms with E-state index in [1.807, 2.05) is 11.9 Å². The van der Waals surface area contributed by atoms with Gasteiger partial charge in [-0.1, -0.05) is 30.3 Å². The number of piperazine rings is 1. The monoisotopic (exact) mass is 564 g/mol. The number of benzene rings is 2. The molecule has 0 N–H and O–H groups in total. The Morgan fingerprint density at radius 2 is 1.43 bits per heavy atom. The van der Waals surface area contributed by atoms with Gasteiger partial charge in [-0.3, -0.25) is 9.59 Å². The van der Waals surface area contributed by atoms with Gasteiger partial charge < -0.3 is 14.7 Å². The summed E-state index contributed by atoms with van der Waals surface area (Å²) in [5, 5.41) is 0. The summed E-state index contributed by atoms with van der Waals surface area (Å²) >= 11 is 0. The molecule has 1 saturated heterocycles. The highest BCUT2D eigenvalue weighted by molar-refractivity contribution is 6.15. The van der Waals surface area contributed by atoms with Crippen LogP contribution in [0.25, 0.3) is 0 Å². The normalized spacial score (nSPS) is 14.8. The number of ketones is 1. The van der Waals surface area contributed by atoms with E-state index >= 15 is 0 Å². The molecule has 2 aromatic carbocycles. The van der Waals surface area contributed by atoms with Crippen molar-refractivity contribution in [2.24, 2.45) is 0 Å². The minimum atomic E-state index is -5.02. The topological polar surface area (TPSA) is 56.8 Å². The SMILES string of the molecule is CN1CCN(c2cc(C(=O)c3ccccc3)c(C(=O)N(C)Cc3cc(C(F)(F)F)cc(C(F)(F)F)c3)cn2)CC1. The van der Waals surface area contributed by atoms with Gasteiger partial charge in [0.25, 0.3) is 5.91 Å². The van der Waals surface area contributed by atoms with Gasteiger partial charge in [0.05, 0.1) is 16.7 Å². The molecule has 1 aliphatic heterocycles. The molecule has 0 aliphatic carbocycles. The van der Waals surface area contributed by atoms with Crippen LogP contribution in [-0.2, 0) is 18.9 Å². The van der Waals surface area contributed by atoms with Gasteiger partial charge in [0.1, 0.15) is 5.82 Å². The number of hydrogen-bond acceptors (Lipinski definition) is 5. The smallest absolute Gasteiger partial charge is 0.354 e. The largest absolute Gasteiger partial charge is 0.416 e. The molecule has 1 aliphatic rings. The zero-order chi connectivity index (χ0) is 29.2. The molecular formula is C28H26F6N4O2. The first-order valence-electron chi connectivity index (χ1n) is 12.3. The van der Waals surface area contributed by atoms with Crippen LogP contribution in [-0.4, -0.2) is 66.7 Å². The van der Waals surface area contributed by atoms with Crippen LogP contribution in [0.2, 0.25) is 0 Å². The molecule has 40 heavy (non-hydrogen) atoms. The van der Waals surface area contributed by atoms with E-state index in [0.29, 0.717) is 36.6 Å². The predicted octanol–water partition coefficient (Wildman–Crippen LogP) is 5.37. The van der Waals surface area contributed by atoms with E-state index in [0.717, 1.165) is 18.0 Å². The molecule has 0 bridgehead atoms. The molecule has 0 spiro atoms. The van der Waals surface area contributed by atoms with E-state index in [1.165, 1.54) is 19.3 Å². The summed E-state index contributed by atoms with van der Waals surface area (Å²) in [7, 11) is 3.22. The Kier molecular flexibility index (Phi) is 8.20. The number of anilines is 1. The number of nitrogens with zero attached hydrogens (tertiary/aromatic N) is 4. The van der Waals surface area contributed by atoms with Crippen molar-refractivity contribution in [2.75, 3.05) is 45.2 Å². The quantitative estimate of drug-likeness (QED) is 0.298. The zero-order valence-corrected chi connectivity index (χ0v) is 21.7. The molecule has 2 heterocycles. The standard InChI is InChI=1S/C28H26F6N4O2/c1-36-8-10-38(11-9-36)24-15-22(25(39)19-6-4-3-5-7-19)23(16-35-24)26(40)37(2)17-18-12-20(27(29,30)31)14-21(13-18)28(32,33)34/h3-7,12-16H,8-11,17H2,1-2H3. The first kappa shape index (κ1) is 29.1. The number of alkyl halides is 6. The molecule has 0 atom stereocenters. The molecule has 1 aromatic heterocycles. The zero-order valence-electron chi connectivity index (χ0n) is 21.7. The number of carbonyl (C=O) groups excluding carboxylic acids is 2. The summed E-state index contributed by atoms with van der Waals surface area (Å²) in [5.74, 6) is -0.754. The van der Waals surface area contributed by atoms with E-state index in [2.05, 4.69) is 9.88 Å². The number of rotatable bonds is 6. The third-order valence-electron chi connectivity index (χ3n) is 6.64. The molecule has 0 radical (unpaired) electrons. The van der Waals surface area contributed by atoms with E-state index in [9.17, 15) is 35.9 Å². The minimum Gasteiger partial charge on any atom is -0.354 e. The lowest BCUT2D eigenvalue weighted by atomic mass is 9.98. The van der Waals surface area contributed by atoms with Gasteiger partial charge in [-0.05, 0) is 36.9 Å². The molecule has 4 rings (SSSR count). The summed E-state index contributed by atoms with van der Waals surface area (Å²) in [6.45, 7) is 2.26. The number of aromatic nitrogens is 1. The van der Waals surface area contributed by atoms with Crippen molar-refractivity contribution in [2.45, 2.75) is 18.9 Å². The second-order valence-electron chi connectivity index (χ2n) is 9.65. The maximum absolute atomic E-state index is 13.5. The van der Waals surface area contributed by atoms with Crippen molar-refractivity contribution in [3.8, 4) is 0 Å². The number of amides is 1. The van der Waals surface area contributed by atoms with Crippen LogP contribution < -0.4 is 4.90 Å². The van der Waals surface area contributed by atoms with Crippen LogP contribution in [0.1, 0.15) is 43.0 Å². The first-order chi connectivity index (χ1) is 18.7. The van der Waals surface area contributed by atoms with Crippen molar-refractivity contribution in [1.82, 2.24) is 14.8 Å². The summed E-state index contributed by atoms with van der Waals surface area (Å²) < 4.78 is 79.9. The second-order valence-corrected chi connectivity index (χ2v) is 9.65. The van der Waals surface area contributed by atoms with E-state index in [-0.39, 0.29) is 22.8 Å². The highest BCUT2D eigenvalue weighted by Gasteiger charge is 2.37. The number of pyridine rings is 1. The minimum absolute atomic E-state index is 0.0307. The van der Waals surface area contributed by atoms with Crippen molar-refractivity contribution >= 4 is 17.5 Å². The van der Waals surface area contributed by atoms with Gasteiger partial charge in [-0.15, -0.1) is 0 Å². The maximum atomic E-state index is 13.5. The Morgan fingerprint density at radius 1 is 0.850 bits per heavy atom. The fraction of sp³-hybridized carbons (Fsp3) is 0.321. The summed E-state index contributed by atoms with van der Waals surface area (Å²) in [4.78, 5) is 36.4. The van der Waals surface area contributed by atoms with Crippen molar-refractivity contribution < 1.29 is 35.9 Å². The molecule has 3 aromatic rings. The van der Waals surface area contributed by atoms with Crippen molar-refractivity contribution in [3.05, 3.63) is 94.2 Å². The highest BCUT2D eigenvalue weighted by Crippen LogP contribution is 2.36. The third kappa shape index (κ3) is 6.61. The molecule has 0 saturated carbocycles. The third-order valence-corrected chi connectivity index (χ3v) is 6.64. The van der Waals surface area contributed by atoms with Gasteiger partial charge in [0, 0.05) is 57.1 Å². The molecule has 6 nitrogen and oxygen atoms in total. The van der Waals surface area contributed by atoms with Crippen LogP contribution in [0.3, 0.4) is 0 Å². The number of carbonyl (C=O) groups is 2. The average molecular weight is 565 g/mol. The molecular weight excluding hydrogens is 538 g/mol. The van der Waals surface area contributed by atoms with Crippen LogP contribution in [0.4, 0.5) is 32.2 Å². The molecule has 1 fully saturated rings. The van der Waals surface area contributed by atoms with Gasteiger partial charge in [-0.2, -0.15) is 26.3 Å². The van der Waals surface area contributed by atoms with Crippen LogP contribution in [0.5, 0.6) is 0 Å². The number of halogens is 6. The van der Waals surface area contributed by atoms with Crippen LogP contribution in [0, 0.1) is 0 Å². The number of hydrogen-bond donors (Lipinski definition) is 0. The van der Waals surface area contributed by atoms with Crippen LogP contribution in [0.15, 0.2) is 60.8 Å². The van der Waals surface area contributed by atoms with E-state index in [1.54, 1.807) is 30.3 Å². The van der Waals surface area contributed by atoms with Gasteiger partial charge in [0.2, 0.25) is 0 Å². The fourth-order valence-electron chi connectivity index (χ4n) is 4.42. The molecule has 212 valence electrons. The Balaban J connectivity index is 1.69. The predicted molar refractivity (Wildman–Crippen MR) is 136 cm³/mol. The Bertz CT molecular complexity index is 1350. The molecule has 12 heteroatoms. The average Bonchev–Trinajstić information content (AvgIpc) is 2.91. The fourth-order valence-corrected chi connectivity index (χ4v) is 4.42. The lowest BCUT2D eigenvalue weighted by Gasteiger charge is -2.33. The maximum Gasteiger partial charge on any atom is 0.416 e. The van der Waals surface area contributed by atoms with Crippen molar-refractivity contribution in [3.63, 3.8) is 0 Å². The Morgan fingerprint density at radius 3 is 1.98 bits per heavy atom. The lowest BCUT2D eigenvalue weighted by Crippen LogP contribution is -2.45. The van der Waals surface area contributed by atoms with Crippen molar-refractivity contribution in [1.29, 1.82) is 0 Å². The second kappa shape index (κ2) is 11.3. The molecule has 1 amide bonds. The van der Waals surface area contributed by atoms with Gasteiger partial charge in [-0.25, -0.2) is 4.98 Å². The summed E-state index contributed by atoms with van der Waals surface area (Å²) in [6, 6.07) is 10.9. The lowest BCUT2D eigenvalue weighted by molar-refractivity contribution is -0.143.